The van der Waals surface area contributed by atoms with Gasteiger partial charge in [0.2, 0.25) is 5.91 Å². The van der Waals surface area contributed by atoms with Gasteiger partial charge < -0.3 is 15.2 Å². The summed E-state index contributed by atoms with van der Waals surface area (Å²) in [5.41, 5.74) is 0.0711. The molecule has 1 amide bonds. The highest BCUT2D eigenvalue weighted by atomic mass is 16.1. The van der Waals surface area contributed by atoms with E-state index in [9.17, 15) is 4.79 Å². The van der Waals surface area contributed by atoms with E-state index in [-0.39, 0.29) is 11.4 Å². The van der Waals surface area contributed by atoms with Crippen LogP contribution in [0.5, 0.6) is 0 Å². The monoisotopic (exact) mass is 252 g/mol. The van der Waals surface area contributed by atoms with E-state index in [1.807, 2.05) is 10.8 Å². The molecule has 102 valence electrons. The van der Waals surface area contributed by atoms with Gasteiger partial charge in [0.15, 0.2) is 0 Å². The minimum absolute atomic E-state index is 0.0711. The fourth-order valence-corrected chi connectivity index (χ4v) is 1.55. The number of amides is 1. The number of carbonyl (C=O) groups excluding carboxylic acids is 1. The second-order valence-corrected chi connectivity index (χ2v) is 5.43. The molecule has 0 aliphatic carbocycles. The maximum Gasteiger partial charge on any atom is 0.221 e. The predicted molar refractivity (Wildman–Crippen MR) is 72.2 cm³/mol. The normalized spacial score (nSPS) is 11.5. The molecule has 0 spiro atoms. The van der Waals surface area contributed by atoms with Crippen molar-refractivity contribution in [3.05, 3.63) is 18.7 Å². The number of nitrogens with one attached hydrogen (secondary N) is 2. The fraction of sp³-hybridized carbons (Fsp3) is 0.692. The molecule has 0 saturated heterocycles. The van der Waals surface area contributed by atoms with Crippen molar-refractivity contribution < 1.29 is 4.79 Å². The first-order valence-electron chi connectivity index (χ1n) is 6.45. The molecule has 0 aliphatic rings. The van der Waals surface area contributed by atoms with Gasteiger partial charge in [-0.1, -0.05) is 0 Å². The molecule has 0 aliphatic heterocycles. The molecule has 1 rings (SSSR count). The van der Waals surface area contributed by atoms with E-state index in [0.29, 0.717) is 13.0 Å². The van der Waals surface area contributed by atoms with Crippen molar-refractivity contribution >= 4 is 5.91 Å². The second-order valence-electron chi connectivity index (χ2n) is 5.43. The number of nitrogens with zero attached hydrogens (tertiary/aromatic N) is 2. The van der Waals surface area contributed by atoms with Gasteiger partial charge in [0.1, 0.15) is 0 Å². The first-order valence-corrected chi connectivity index (χ1v) is 6.45. The zero-order chi connectivity index (χ0) is 13.4. The smallest absolute Gasteiger partial charge is 0.221 e. The lowest BCUT2D eigenvalue weighted by Gasteiger charge is -2.20. The van der Waals surface area contributed by atoms with Gasteiger partial charge in [-0.15, -0.1) is 0 Å². The molecule has 18 heavy (non-hydrogen) atoms. The highest BCUT2D eigenvalue weighted by Gasteiger charge is 2.09. The summed E-state index contributed by atoms with van der Waals surface area (Å²) in [7, 11) is 0. The van der Waals surface area contributed by atoms with Crippen molar-refractivity contribution in [2.75, 3.05) is 13.1 Å². The van der Waals surface area contributed by atoms with Crippen molar-refractivity contribution in [2.24, 2.45) is 0 Å². The minimum atomic E-state index is 0.0711. The molecule has 1 aromatic rings. The number of aromatic nitrogens is 2. The minimum Gasteiger partial charge on any atom is -0.356 e. The molecule has 0 bridgehead atoms. The van der Waals surface area contributed by atoms with E-state index in [1.165, 1.54) is 0 Å². The average Bonchev–Trinajstić information content (AvgIpc) is 2.75. The molecule has 0 saturated carbocycles. The van der Waals surface area contributed by atoms with E-state index in [4.69, 9.17) is 0 Å². The molecule has 2 N–H and O–H groups in total. The number of imidazole rings is 1. The third-order valence-electron chi connectivity index (χ3n) is 2.48. The lowest BCUT2D eigenvalue weighted by Crippen LogP contribution is -2.38. The Hall–Kier alpha value is -1.36. The van der Waals surface area contributed by atoms with Crippen molar-refractivity contribution in [1.29, 1.82) is 0 Å². The molecular weight excluding hydrogens is 228 g/mol. The van der Waals surface area contributed by atoms with Crippen LogP contribution in [0.25, 0.3) is 0 Å². The first kappa shape index (κ1) is 14.7. The summed E-state index contributed by atoms with van der Waals surface area (Å²) < 4.78 is 2.01. The highest BCUT2D eigenvalue weighted by molar-refractivity contribution is 5.75. The number of hydrogen-bond donors (Lipinski definition) is 2. The van der Waals surface area contributed by atoms with Gasteiger partial charge in [-0.2, -0.15) is 0 Å². The van der Waals surface area contributed by atoms with E-state index in [1.54, 1.807) is 12.5 Å². The summed E-state index contributed by atoms with van der Waals surface area (Å²) in [6, 6.07) is 0. The van der Waals surface area contributed by atoms with E-state index in [2.05, 4.69) is 36.4 Å². The molecule has 0 radical (unpaired) electrons. The van der Waals surface area contributed by atoms with Gasteiger partial charge >= 0.3 is 0 Å². The van der Waals surface area contributed by atoms with Crippen molar-refractivity contribution in [1.82, 2.24) is 20.2 Å². The topological polar surface area (TPSA) is 59.0 Å². The quantitative estimate of drug-likeness (QED) is 0.716. The Morgan fingerprint density at radius 3 is 2.72 bits per heavy atom. The van der Waals surface area contributed by atoms with E-state index < -0.39 is 0 Å². The molecule has 0 unspecified atom stereocenters. The summed E-state index contributed by atoms with van der Waals surface area (Å²) in [6.45, 7) is 8.60. The summed E-state index contributed by atoms with van der Waals surface area (Å²) in [4.78, 5) is 15.5. The van der Waals surface area contributed by atoms with Crippen LogP contribution in [0.2, 0.25) is 0 Å². The van der Waals surface area contributed by atoms with Crippen LogP contribution in [0.4, 0.5) is 0 Å². The van der Waals surface area contributed by atoms with Gasteiger partial charge in [0.05, 0.1) is 6.33 Å². The molecular formula is C13H24N4O. The van der Waals surface area contributed by atoms with Gasteiger partial charge in [-0.05, 0) is 27.2 Å². The Bertz CT molecular complexity index is 340. The summed E-state index contributed by atoms with van der Waals surface area (Å²) in [5, 5.41) is 6.21. The molecule has 0 fully saturated rings. The number of carbonyl (C=O) groups is 1. The molecule has 0 aromatic carbocycles. The highest BCUT2D eigenvalue weighted by Crippen LogP contribution is 1.97. The van der Waals surface area contributed by atoms with Gasteiger partial charge in [-0.25, -0.2) is 4.98 Å². The molecule has 1 heterocycles. The van der Waals surface area contributed by atoms with Crippen LogP contribution in [-0.4, -0.2) is 34.1 Å². The van der Waals surface area contributed by atoms with Crippen LogP contribution in [0.1, 0.15) is 33.6 Å². The Morgan fingerprint density at radius 1 is 1.33 bits per heavy atom. The maximum atomic E-state index is 11.5. The van der Waals surface area contributed by atoms with Crippen LogP contribution in [0.3, 0.4) is 0 Å². The van der Waals surface area contributed by atoms with Crippen LogP contribution in [0.15, 0.2) is 18.7 Å². The van der Waals surface area contributed by atoms with Crippen LogP contribution >= 0.6 is 0 Å². The SMILES string of the molecule is CC(C)(C)NCCC(=O)NCCCn1ccnc1. The van der Waals surface area contributed by atoms with E-state index in [0.717, 1.165) is 19.5 Å². The molecule has 0 atom stereocenters. The zero-order valence-corrected chi connectivity index (χ0v) is 11.6. The lowest BCUT2D eigenvalue weighted by molar-refractivity contribution is -0.121. The maximum absolute atomic E-state index is 11.5. The Morgan fingerprint density at radius 2 is 2.11 bits per heavy atom. The van der Waals surface area contributed by atoms with Crippen LogP contribution in [0, 0.1) is 0 Å². The fourth-order valence-electron chi connectivity index (χ4n) is 1.55. The first-order chi connectivity index (χ1) is 8.47. The third kappa shape index (κ3) is 7.06. The van der Waals surface area contributed by atoms with Crippen molar-refractivity contribution in [3.63, 3.8) is 0 Å². The van der Waals surface area contributed by atoms with Crippen molar-refractivity contribution in [2.45, 2.75) is 45.7 Å². The molecule has 5 heteroatoms. The molecule has 5 nitrogen and oxygen atoms in total. The number of aryl methyl sites for hydroxylation is 1. The lowest BCUT2D eigenvalue weighted by atomic mass is 10.1. The zero-order valence-electron chi connectivity index (χ0n) is 11.6. The average molecular weight is 252 g/mol. The number of hydrogen-bond acceptors (Lipinski definition) is 3. The van der Waals surface area contributed by atoms with Crippen molar-refractivity contribution in [3.8, 4) is 0 Å². The van der Waals surface area contributed by atoms with Gasteiger partial charge in [-0.3, -0.25) is 4.79 Å². The predicted octanol–water partition coefficient (Wildman–Crippen LogP) is 1.17. The summed E-state index contributed by atoms with van der Waals surface area (Å²) in [6.07, 6.45) is 6.93. The number of rotatable bonds is 7. The van der Waals surface area contributed by atoms with Crippen LogP contribution < -0.4 is 10.6 Å². The third-order valence-corrected chi connectivity index (χ3v) is 2.48. The van der Waals surface area contributed by atoms with Gasteiger partial charge in [0, 0.05) is 44.0 Å². The van der Waals surface area contributed by atoms with Crippen LogP contribution in [-0.2, 0) is 11.3 Å². The molecule has 1 aromatic heterocycles. The van der Waals surface area contributed by atoms with Gasteiger partial charge in [0.25, 0.3) is 0 Å². The Balaban J connectivity index is 2.00. The largest absolute Gasteiger partial charge is 0.356 e. The Kier molecular flexibility index (Phi) is 5.85. The van der Waals surface area contributed by atoms with E-state index >= 15 is 0 Å². The summed E-state index contributed by atoms with van der Waals surface area (Å²) in [5.74, 6) is 0.109. The summed E-state index contributed by atoms with van der Waals surface area (Å²) >= 11 is 0. The second kappa shape index (κ2) is 7.16. The standard InChI is InChI=1S/C13H24N4O/c1-13(2,3)16-7-5-12(18)15-6-4-9-17-10-8-14-11-17/h8,10-11,16H,4-7,9H2,1-3H3,(H,15,18). The Labute approximate surface area is 109 Å².